The highest BCUT2D eigenvalue weighted by Gasteiger charge is 2.09. The second-order valence-corrected chi connectivity index (χ2v) is 4.60. The van der Waals surface area contributed by atoms with Crippen molar-refractivity contribution >= 4 is 5.97 Å². The Morgan fingerprint density at radius 1 is 1.38 bits per heavy atom. The Labute approximate surface area is 121 Å². The number of aromatic carboxylic acids is 1. The second kappa shape index (κ2) is 6.69. The van der Waals surface area contributed by atoms with Crippen molar-refractivity contribution < 1.29 is 14.6 Å². The van der Waals surface area contributed by atoms with Crippen LogP contribution in [0.15, 0.2) is 41.3 Å². The molecule has 0 radical (unpaired) electrons. The standard InChI is InChI=1S/C15H16N2O4/c1-11-9-14(18)17(16-10-11)7-4-8-21-13-6-3-2-5-12(13)15(19)20/h2-3,5-6,9-10H,4,7-8H2,1H3,(H,19,20). The molecular formula is C15H16N2O4. The highest BCUT2D eigenvalue weighted by molar-refractivity contribution is 5.90. The van der Waals surface area contributed by atoms with Gasteiger partial charge >= 0.3 is 5.97 Å². The van der Waals surface area contributed by atoms with Crippen LogP contribution >= 0.6 is 0 Å². The number of nitrogens with zero attached hydrogens (tertiary/aromatic N) is 2. The van der Waals surface area contributed by atoms with Crippen molar-refractivity contribution in [3.8, 4) is 5.75 Å². The van der Waals surface area contributed by atoms with Crippen molar-refractivity contribution in [2.45, 2.75) is 19.9 Å². The van der Waals surface area contributed by atoms with Crippen molar-refractivity contribution in [1.29, 1.82) is 0 Å². The summed E-state index contributed by atoms with van der Waals surface area (Å²) in [6.07, 6.45) is 2.19. The summed E-state index contributed by atoms with van der Waals surface area (Å²) < 4.78 is 6.82. The Kier molecular flexibility index (Phi) is 4.71. The summed E-state index contributed by atoms with van der Waals surface area (Å²) >= 11 is 0. The molecule has 0 unspecified atom stereocenters. The molecule has 1 aromatic carbocycles. The van der Waals surface area contributed by atoms with Crippen LogP contribution in [-0.2, 0) is 6.54 Å². The topological polar surface area (TPSA) is 81.4 Å². The van der Waals surface area contributed by atoms with Gasteiger partial charge in [0.15, 0.2) is 0 Å². The molecule has 0 amide bonds. The van der Waals surface area contributed by atoms with Gasteiger partial charge in [0.25, 0.3) is 5.56 Å². The number of aryl methyl sites for hydroxylation is 2. The average molecular weight is 288 g/mol. The molecule has 0 spiro atoms. The molecule has 21 heavy (non-hydrogen) atoms. The highest BCUT2D eigenvalue weighted by Crippen LogP contribution is 2.17. The van der Waals surface area contributed by atoms with Crippen LogP contribution in [-0.4, -0.2) is 27.5 Å². The molecule has 1 heterocycles. The van der Waals surface area contributed by atoms with Gasteiger partial charge in [-0.2, -0.15) is 5.10 Å². The lowest BCUT2D eigenvalue weighted by Gasteiger charge is -2.09. The van der Waals surface area contributed by atoms with Crippen LogP contribution in [0, 0.1) is 6.92 Å². The molecule has 110 valence electrons. The lowest BCUT2D eigenvalue weighted by Crippen LogP contribution is -2.23. The molecule has 6 nitrogen and oxygen atoms in total. The average Bonchev–Trinajstić information content (AvgIpc) is 2.45. The molecule has 0 aliphatic rings. The molecular weight excluding hydrogens is 272 g/mol. The largest absolute Gasteiger partial charge is 0.493 e. The van der Waals surface area contributed by atoms with Crippen molar-refractivity contribution in [2.75, 3.05) is 6.61 Å². The van der Waals surface area contributed by atoms with Crippen LogP contribution in [0.1, 0.15) is 22.3 Å². The molecule has 2 rings (SSSR count). The smallest absolute Gasteiger partial charge is 0.339 e. The number of para-hydroxylation sites is 1. The van der Waals surface area contributed by atoms with E-state index in [-0.39, 0.29) is 11.1 Å². The van der Waals surface area contributed by atoms with E-state index in [4.69, 9.17) is 9.84 Å². The summed E-state index contributed by atoms with van der Waals surface area (Å²) in [5.41, 5.74) is 0.798. The van der Waals surface area contributed by atoms with Crippen molar-refractivity contribution in [2.24, 2.45) is 0 Å². The second-order valence-electron chi connectivity index (χ2n) is 4.60. The zero-order valence-corrected chi connectivity index (χ0v) is 11.7. The molecule has 1 aromatic heterocycles. The van der Waals surface area contributed by atoms with E-state index < -0.39 is 5.97 Å². The van der Waals surface area contributed by atoms with Crippen molar-refractivity contribution in [3.63, 3.8) is 0 Å². The van der Waals surface area contributed by atoms with Crippen molar-refractivity contribution in [3.05, 3.63) is 58.0 Å². The SMILES string of the molecule is Cc1cnn(CCCOc2ccccc2C(=O)O)c(=O)c1. The minimum Gasteiger partial charge on any atom is -0.493 e. The van der Waals surface area contributed by atoms with Crippen LogP contribution in [0.25, 0.3) is 0 Å². The molecule has 0 bridgehead atoms. The molecule has 0 fully saturated rings. The van der Waals surface area contributed by atoms with Crippen molar-refractivity contribution in [1.82, 2.24) is 9.78 Å². The van der Waals surface area contributed by atoms with E-state index in [1.54, 1.807) is 24.4 Å². The predicted molar refractivity (Wildman–Crippen MR) is 76.7 cm³/mol. The first kappa shape index (κ1) is 14.8. The molecule has 6 heteroatoms. The van der Waals surface area contributed by atoms with Gasteiger partial charge in [-0.25, -0.2) is 9.48 Å². The number of carbonyl (C=O) groups is 1. The third-order valence-electron chi connectivity index (χ3n) is 2.90. The monoisotopic (exact) mass is 288 g/mol. The summed E-state index contributed by atoms with van der Waals surface area (Å²) in [6.45, 7) is 2.55. The van der Waals surface area contributed by atoms with E-state index in [1.807, 2.05) is 6.92 Å². The highest BCUT2D eigenvalue weighted by atomic mass is 16.5. The molecule has 0 saturated carbocycles. The fourth-order valence-corrected chi connectivity index (χ4v) is 1.86. The minimum absolute atomic E-state index is 0.128. The van der Waals surface area contributed by atoms with E-state index in [9.17, 15) is 9.59 Å². The molecule has 0 aliphatic heterocycles. The van der Waals surface area contributed by atoms with Gasteiger partial charge in [-0.05, 0) is 24.6 Å². The van der Waals surface area contributed by atoms with Gasteiger partial charge < -0.3 is 9.84 Å². The first-order valence-electron chi connectivity index (χ1n) is 6.57. The lowest BCUT2D eigenvalue weighted by atomic mass is 10.2. The van der Waals surface area contributed by atoms with Gasteiger partial charge in [0.2, 0.25) is 0 Å². The zero-order chi connectivity index (χ0) is 15.2. The zero-order valence-electron chi connectivity index (χ0n) is 11.7. The quantitative estimate of drug-likeness (QED) is 0.818. The minimum atomic E-state index is -1.03. The van der Waals surface area contributed by atoms with Gasteiger partial charge in [-0.3, -0.25) is 4.79 Å². The summed E-state index contributed by atoms with van der Waals surface area (Å²) in [7, 11) is 0. The van der Waals surface area contributed by atoms with Crippen LogP contribution in [0.4, 0.5) is 0 Å². The van der Waals surface area contributed by atoms with E-state index in [1.165, 1.54) is 16.8 Å². The molecule has 1 N–H and O–H groups in total. The summed E-state index contributed by atoms with van der Waals surface area (Å²) in [5.74, 6) is -0.698. The van der Waals surface area contributed by atoms with E-state index in [0.29, 0.717) is 25.3 Å². The Morgan fingerprint density at radius 2 is 2.14 bits per heavy atom. The number of carboxylic acid groups (broad SMARTS) is 1. The number of ether oxygens (including phenoxy) is 1. The summed E-state index contributed by atoms with van der Waals surface area (Å²) in [4.78, 5) is 22.6. The molecule has 0 aliphatic carbocycles. The van der Waals surface area contributed by atoms with Gasteiger partial charge in [-0.15, -0.1) is 0 Å². The maximum atomic E-state index is 11.6. The van der Waals surface area contributed by atoms with E-state index in [0.717, 1.165) is 5.56 Å². The van der Waals surface area contributed by atoms with Gasteiger partial charge in [0.05, 0.1) is 12.8 Å². The van der Waals surface area contributed by atoms with Gasteiger partial charge in [0.1, 0.15) is 11.3 Å². The maximum absolute atomic E-state index is 11.6. The fraction of sp³-hybridized carbons (Fsp3) is 0.267. The Bertz CT molecular complexity index is 694. The first-order valence-corrected chi connectivity index (χ1v) is 6.57. The summed E-state index contributed by atoms with van der Waals surface area (Å²) in [6, 6.07) is 7.98. The maximum Gasteiger partial charge on any atom is 0.339 e. The number of rotatable bonds is 6. The third kappa shape index (κ3) is 3.92. The van der Waals surface area contributed by atoms with Crippen LogP contribution in [0.3, 0.4) is 0 Å². The Morgan fingerprint density at radius 3 is 2.86 bits per heavy atom. The fourth-order valence-electron chi connectivity index (χ4n) is 1.86. The van der Waals surface area contributed by atoms with Gasteiger partial charge in [0, 0.05) is 19.0 Å². The number of carboxylic acids is 1. The number of hydrogen-bond donors (Lipinski definition) is 1. The molecule has 2 aromatic rings. The Hall–Kier alpha value is -2.63. The number of aromatic nitrogens is 2. The van der Waals surface area contributed by atoms with Crippen LogP contribution in [0.5, 0.6) is 5.75 Å². The lowest BCUT2D eigenvalue weighted by molar-refractivity contribution is 0.0692. The van der Waals surface area contributed by atoms with E-state index in [2.05, 4.69) is 5.10 Å². The molecule has 0 saturated heterocycles. The first-order chi connectivity index (χ1) is 10.1. The summed E-state index contributed by atoms with van der Waals surface area (Å²) in [5, 5.41) is 13.0. The number of benzene rings is 1. The van der Waals surface area contributed by atoms with Crippen LogP contribution in [0.2, 0.25) is 0 Å². The third-order valence-corrected chi connectivity index (χ3v) is 2.90. The predicted octanol–water partition coefficient (Wildman–Crippen LogP) is 1.72. The molecule has 0 atom stereocenters. The van der Waals surface area contributed by atoms with Gasteiger partial charge in [-0.1, -0.05) is 12.1 Å². The number of hydrogen-bond acceptors (Lipinski definition) is 4. The Balaban J connectivity index is 1.91. The normalized spacial score (nSPS) is 10.3. The van der Waals surface area contributed by atoms with E-state index >= 15 is 0 Å². The van der Waals surface area contributed by atoms with Crippen LogP contribution < -0.4 is 10.3 Å².